The number of hydrogen-bond acceptors (Lipinski definition) is 6. The Morgan fingerprint density at radius 2 is 2.07 bits per heavy atom. The molecule has 2 rings (SSSR count). The molecule has 1 aliphatic heterocycles. The number of urea groups is 1. The third-order valence-electron chi connectivity index (χ3n) is 4.72. The number of carbonyl (C=O) groups excluding carboxylic acids is 2. The van der Waals surface area contributed by atoms with E-state index in [4.69, 9.17) is 11.6 Å². The van der Waals surface area contributed by atoms with Crippen molar-refractivity contribution in [2.75, 3.05) is 43.4 Å². The fourth-order valence-corrected chi connectivity index (χ4v) is 3.96. The molecule has 1 unspecified atom stereocenters. The van der Waals surface area contributed by atoms with Crippen LogP contribution in [0.25, 0.3) is 0 Å². The molecule has 1 saturated heterocycles. The number of aromatic nitrogens is 2. The molecule has 1 aliphatic rings. The number of halogens is 1. The molecule has 1 atom stereocenters. The molecule has 0 spiro atoms. The Bertz CT molecular complexity index is 721. The Labute approximate surface area is 188 Å². The van der Waals surface area contributed by atoms with Crippen molar-refractivity contribution in [1.29, 1.82) is 0 Å². The van der Waals surface area contributed by atoms with E-state index in [1.54, 1.807) is 6.07 Å². The number of carbonyl (C=O) groups is 2. The van der Waals surface area contributed by atoms with Crippen LogP contribution >= 0.6 is 23.4 Å². The van der Waals surface area contributed by atoms with Crippen molar-refractivity contribution in [3.8, 4) is 0 Å². The number of unbranched alkanes of at least 4 members (excludes halogenated alkanes) is 1. The van der Waals surface area contributed by atoms with Crippen LogP contribution in [0, 0.1) is 5.92 Å². The second-order valence-corrected chi connectivity index (χ2v) is 9.22. The molecule has 0 radical (unpaired) electrons. The predicted octanol–water partition coefficient (Wildman–Crippen LogP) is 3.01. The summed E-state index contributed by atoms with van der Waals surface area (Å²) in [4.78, 5) is 37.1. The highest BCUT2D eigenvalue weighted by Crippen LogP contribution is 2.24. The highest BCUT2D eigenvalue weighted by Gasteiger charge is 2.28. The zero-order chi connectivity index (χ0) is 22.1. The van der Waals surface area contributed by atoms with Crippen LogP contribution in [0.1, 0.15) is 40.5 Å². The number of nitrogens with zero attached hydrogens (tertiary/aromatic N) is 4. The molecule has 168 valence electrons. The number of rotatable bonds is 9. The van der Waals surface area contributed by atoms with Gasteiger partial charge in [0.2, 0.25) is 5.91 Å². The van der Waals surface area contributed by atoms with Crippen molar-refractivity contribution in [2.24, 2.45) is 5.92 Å². The van der Waals surface area contributed by atoms with Crippen LogP contribution in [0.15, 0.2) is 11.2 Å². The predicted molar refractivity (Wildman–Crippen MR) is 122 cm³/mol. The van der Waals surface area contributed by atoms with Crippen molar-refractivity contribution in [3.05, 3.63) is 11.2 Å². The molecule has 1 fully saturated rings. The van der Waals surface area contributed by atoms with Crippen LogP contribution in [0.4, 0.5) is 10.6 Å². The number of amides is 3. The first-order valence-electron chi connectivity index (χ1n) is 10.5. The smallest absolute Gasteiger partial charge is 0.317 e. The molecule has 10 heteroatoms. The maximum atomic E-state index is 12.4. The lowest BCUT2D eigenvalue weighted by Gasteiger charge is -2.40. The average molecular weight is 457 g/mol. The third kappa shape index (κ3) is 7.83. The van der Waals surface area contributed by atoms with Gasteiger partial charge >= 0.3 is 6.03 Å². The molecule has 2 N–H and O–H groups in total. The molecule has 0 aliphatic carbocycles. The summed E-state index contributed by atoms with van der Waals surface area (Å²) in [5.74, 6) is 1.32. The Balaban J connectivity index is 1.93. The lowest BCUT2D eigenvalue weighted by molar-refractivity contribution is -0.118. The van der Waals surface area contributed by atoms with Crippen LogP contribution in [0.5, 0.6) is 0 Å². The highest BCUT2D eigenvalue weighted by atomic mass is 35.5. The van der Waals surface area contributed by atoms with Gasteiger partial charge in [0.1, 0.15) is 11.0 Å². The zero-order valence-corrected chi connectivity index (χ0v) is 19.9. The monoisotopic (exact) mass is 456 g/mol. The number of hydrogen-bond donors (Lipinski definition) is 2. The van der Waals surface area contributed by atoms with E-state index in [1.165, 1.54) is 11.8 Å². The number of thioether (sulfide) groups is 1. The van der Waals surface area contributed by atoms with Gasteiger partial charge in [-0.1, -0.05) is 50.6 Å². The number of piperazine rings is 1. The Morgan fingerprint density at radius 3 is 2.73 bits per heavy atom. The Kier molecular flexibility index (Phi) is 9.97. The molecule has 0 bridgehead atoms. The third-order valence-corrected chi connectivity index (χ3v) is 5.76. The van der Waals surface area contributed by atoms with Gasteiger partial charge < -0.3 is 20.4 Å². The van der Waals surface area contributed by atoms with E-state index in [2.05, 4.69) is 46.3 Å². The lowest BCUT2D eigenvalue weighted by atomic mass is 10.2. The Hall–Kier alpha value is -1.74. The van der Waals surface area contributed by atoms with Crippen LogP contribution in [-0.2, 0) is 4.79 Å². The minimum absolute atomic E-state index is 0.0139. The lowest BCUT2D eigenvalue weighted by Crippen LogP contribution is -2.56. The molecular weight excluding hydrogens is 424 g/mol. The van der Waals surface area contributed by atoms with E-state index in [0.29, 0.717) is 49.0 Å². The van der Waals surface area contributed by atoms with Crippen molar-refractivity contribution < 1.29 is 9.59 Å². The maximum Gasteiger partial charge on any atom is 0.317 e. The molecule has 1 aromatic rings. The summed E-state index contributed by atoms with van der Waals surface area (Å²) in [5, 5.41) is 6.69. The molecule has 1 aromatic heterocycles. The van der Waals surface area contributed by atoms with Gasteiger partial charge in [-0.05, 0) is 19.3 Å². The summed E-state index contributed by atoms with van der Waals surface area (Å²) in [6, 6.07) is 1.76. The van der Waals surface area contributed by atoms with Gasteiger partial charge in [0, 0.05) is 44.8 Å². The summed E-state index contributed by atoms with van der Waals surface area (Å²) in [6.45, 7) is 11.5. The van der Waals surface area contributed by atoms with E-state index in [-0.39, 0.29) is 23.7 Å². The first kappa shape index (κ1) is 24.5. The van der Waals surface area contributed by atoms with Gasteiger partial charge in [-0.25, -0.2) is 14.8 Å². The van der Waals surface area contributed by atoms with Crippen molar-refractivity contribution >= 4 is 41.1 Å². The van der Waals surface area contributed by atoms with Crippen molar-refractivity contribution in [1.82, 2.24) is 25.5 Å². The van der Waals surface area contributed by atoms with Crippen LogP contribution < -0.4 is 15.5 Å². The van der Waals surface area contributed by atoms with Gasteiger partial charge in [-0.15, -0.1) is 0 Å². The fourth-order valence-electron chi connectivity index (χ4n) is 3.05. The van der Waals surface area contributed by atoms with E-state index >= 15 is 0 Å². The van der Waals surface area contributed by atoms with Crippen LogP contribution in [0.3, 0.4) is 0 Å². The minimum atomic E-state index is -0.0462. The first-order chi connectivity index (χ1) is 14.3. The van der Waals surface area contributed by atoms with Crippen LogP contribution in [-0.4, -0.2) is 71.3 Å². The molecule has 0 saturated carbocycles. The summed E-state index contributed by atoms with van der Waals surface area (Å²) in [6.07, 6.45) is 2.03. The van der Waals surface area contributed by atoms with Crippen molar-refractivity contribution in [3.63, 3.8) is 0 Å². The van der Waals surface area contributed by atoms with Gasteiger partial charge in [-0.2, -0.15) is 0 Å². The number of nitrogens with one attached hydrogen (secondary N) is 2. The van der Waals surface area contributed by atoms with Gasteiger partial charge in [-0.3, -0.25) is 4.79 Å². The topological polar surface area (TPSA) is 90.5 Å². The SMILES string of the molecule is CCCCNC(=O)N1CCN(c2cc(Cl)nc(SCC(=O)NCC(C)C)n2)CC1C. The quantitative estimate of drug-likeness (QED) is 0.257. The standard InChI is InChI=1S/C20H33ClN6O2S/c1-5-6-7-22-20(29)27-9-8-26(12-15(27)4)17-10-16(21)24-19(25-17)30-13-18(28)23-11-14(2)3/h10,14-15H,5-9,11-13H2,1-4H3,(H,22,29)(H,23,28). The molecular formula is C20H33ClN6O2S. The zero-order valence-electron chi connectivity index (χ0n) is 18.3. The summed E-state index contributed by atoms with van der Waals surface area (Å²) in [7, 11) is 0. The van der Waals surface area contributed by atoms with Gasteiger partial charge in [0.15, 0.2) is 5.16 Å². The number of anilines is 1. The largest absolute Gasteiger partial charge is 0.355 e. The van der Waals surface area contributed by atoms with Gasteiger partial charge in [0.25, 0.3) is 0 Å². The maximum absolute atomic E-state index is 12.4. The normalized spacial score (nSPS) is 16.7. The van der Waals surface area contributed by atoms with Gasteiger partial charge in [0.05, 0.1) is 5.75 Å². The summed E-state index contributed by atoms with van der Waals surface area (Å²) < 4.78 is 0. The molecule has 0 aromatic carbocycles. The first-order valence-corrected chi connectivity index (χ1v) is 11.9. The fraction of sp³-hybridized carbons (Fsp3) is 0.700. The Morgan fingerprint density at radius 1 is 1.30 bits per heavy atom. The van der Waals surface area contributed by atoms with E-state index in [9.17, 15) is 9.59 Å². The van der Waals surface area contributed by atoms with Crippen LogP contribution in [0.2, 0.25) is 5.15 Å². The molecule has 8 nitrogen and oxygen atoms in total. The van der Waals surface area contributed by atoms with Crippen molar-refractivity contribution in [2.45, 2.75) is 51.7 Å². The van der Waals surface area contributed by atoms with E-state index in [1.807, 2.05) is 11.8 Å². The highest BCUT2D eigenvalue weighted by molar-refractivity contribution is 7.99. The van der Waals surface area contributed by atoms with E-state index < -0.39 is 0 Å². The second kappa shape index (κ2) is 12.2. The van der Waals surface area contributed by atoms with E-state index in [0.717, 1.165) is 18.7 Å². The summed E-state index contributed by atoms with van der Waals surface area (Å²) >= 11 is 7.48. The minimum Gasteiger partial charge on any atom is -0.355 e. The summed E-state index contributed by atoms with van der Waals surface area (Å²) in [5.41, 5.74) is 0. The molecule has 30 heavy (non-hydrogen) atoms. The molecule has 3 amide bonds. The average Bonchev–Trinajstić information content (AvgIpc) is 2.70. The second-order valence-electron chi connectivity index (χ2n) is 7.89. The molecule has 2 heterocycles.